The molecule has 1 aromatic carbocycles. The second-order valence-corrected chi connectivity index (χ2v) is 6.57. The molecule has 3 heterocycles. The highest BCUT2D eigenvalue weighted by molar-refractivity contribution is 5.95. The van der Waals surface area contributed by atoms with Gasteiger partial charge < -0.3 is 19.7 Å². The van der Waals surface area contributed by atoms with E-state index in [0.29, 0.717) is 18.0 Å². The predicted octanol–water partition coefficient (Wildman–Crippen LogP) is 1.40. The zero-order chi connectivity index (χ0) is 18.5. The number of amides is 1. The Morgan fingerprint density at radius 2 is 1.96 bits per heavy atom. The number of fused-ring (bicyclic) bond motifs is 1. The van der Waals surface area contributed by atoms with E-state index in [0.717, 1.165) is 50.8 Å². The summed E-state index contributed by atoms with van der Waals surface area (Å²) in [6, 6.07) is 7.35. The maximum Gasteiger partial charge on any atom is 0.262 e. The molecule has 1 amide bonds. The van der Waals surface area contributed by atoms with Gasteiger partial charge in [-0.3, -0.25) is 9.69 Å². The van der Waals surface area contributed by atoms with Crippen LogP contribution < -0.4 is 19.7 Å². The van der Waals surface area contributed by atoms with E-state index in [1.165, 1.54) is 0 Å². The van der Waals surface area contributed by atoms with E-state index in [1.807, 2.05) is 24.3 Å². The zero-order valence-corrected chi connectivity index (χ0v) is 15.1. The van der Waals surface area contributed by atoms with E-state index in [9.17, 15) is 4.79 Å². The van der Waals surface area contributed by atoms with Crippen LogP contribution in [0.4, 0.5) is 11.6 Å². The molecule has 0 saturated carbocycles. The number of carbonyl (C=O) groups is 1. The molecule has 1 saturated heterocycles. The van der Waals surface area contributed by atoms with Crippen LogP contribution in [-0.2, 0) is 4.79 Å². The van der Waals surface area contributed by atoms with Gasteiger partial charge in [0.05, 0.1) is 12.3 Å². The molecular weight excluding hydrogens is 346 g/mol. The van der Waals surface area contributed by atoms with Crippen LogP contribution in [0.1, 0.15) is 6.42 Å². The third-order valence-electron chi connectivity index (χ3n) is 4.68. The fraction of sp³-hybridized carbons (Fsp3) is 0.421. The van der Waals surface area contributed by atoms with Crippen molar-refractivity contribution in [2.75, 3.05) is 56.2 Å². The van der Waals surface area contributed by atoms with Gasteiger partial charge in [0.15, 0.2) is 6.61 Å². The number of piperazine rings is 1. The first-order chi connectivity index (χ1) is 13.3. The van der Waals surface area contributed by atoms with Crippen molar-refractivity contribution >= 4 is 17.5 Å². The molecule has 1 N–H and O–H groups in total. The van der Waals surface area contributed by atoms with Gasteiger partial charge in [-0.05, 0) is 24.6 Å². The topological polar surface area (TPSA) is 79.8 Å². The van der Waals surface area contributed by atoms with Crippen LogP contribution in [0.15, 0.2) is 36.7 Å². The Bertz CT molecular complexity index is 778. The number of rotatable bonds is 6. The van der Waals surface area contributed by atoms with Gasteiger partial charge in [0, 0.05) is 51.2 Å². The number of hydrogen-bond acceptors (Lipinski definition) is 7. The minimum absolute atomic E-state index is 0.0663. The lowest BCUT2D eigenvalue weighted by Gasteiger charge is -2.34. The van der Waals surface area contributed by atoms with Crippen molar-refractivity contribution in [3.05, 3.63) is 36.7 Å². The average molecular weight is 369 g/mol. The maximum atomic E-state index is 11.4. The van der Waals surface area contributed by atoms with Crippen LogP contribution in [-0.4, -0.2) is 66.7 Å². The number of aromatic nitrogens is 2. The van der Waals surface area contributed by atoms with Crippen molar-refractivity contribution in [1.29, 1.82) is 0 Å². The largest absolute Gasteiger partial charge is 0.493 e. The van der Waals surface area contributed by atoms with E-state index < -0.39 is 0 Å². The minimum atomic E-state index is -0.139. The summed E-state index contributed by atoms with van der Waals surface area (Å²) in [5.74, 6) is 2.09. The molecule has 2 aliphatic heterocycles. The number of ether oxygens (including phenoxy) is 2. The van der Waals surface area contributed by atoms with Gasteiger partial charge in [-0.25, -0.2) is 9.97 Å². The Labute approximate surface area is 158 Å². The summed E-state index contributed by atoms with van der Waals surface area (Å²) < 4.78 is 11.2. The van der Waals surface area contributed by atoms with E-state index >= 15 is 0 Å². The molecule has 0 atom stereocenters. The predicted molar refractivity (Wildman–Crippen MR) is 101 cm³/mol. The molecule has 142 valence electrons. The molecule has 2 aromatic rings. The van der Waals surface area contributed by atoms with E-state index in [2.05, 4.69) is 25.1 Å². The van der Waals surface area contributed by atoms with Gasteiger partial charge in [0.1, 0.15) is 11.5 Å². The highest BCUT2D eigenvalue weighted by Crippen LogP contribution is 2.31. The van der Waals surface area contributed by atoms with Gasteiger partial charge >= 0.3 is 0 Å². The smallest absolute Gasteiger partial charge is 0.262 e. The van der Waals surface area contributed by atoms with Crippen molar-refractivity contribution in [1.82, 2.24) is 14.9 Å². The van der Waals surface area contributed by atoms with E-state index in [-0.39, 0.29) is 12.5 Å². The Morgan fingerprint density at radius 3 is 2.78 bits per heavy atom. The van der Waals surface area contributed by atoms with Crippen LogP contribution in [0.2, 0.25) is 0 Å². The van der Waals surface area contributed by atoms with E-state index in [4.69, 9.17) is 9.47 Å². The summed E-state index contributed by atoms with van der Waals surface area (Å²) >= 11 is 0. The van der Waals surface area contributed by atoms with Crippen molar-refractivity contribution in [2.24, 2.45) is 0 Å². The second-order valence-electron chi connectivity index (χ2n) is 6.57. The number of carbonyl (C=O) groups excluding carboxylic acids is 1. The zero-order valence-electron chi connectivity index (χ0n) is 15.1. The minimum Gasteiger partial charge on any atom is -0.493 e. The summed E-state index contributed by atoms with van der Waals surface area (Å²) in [6.45, 7) is 5.58. The Kier molecular flexibility index (Phi) is 5.34. The molecule has 1 aromatic heterocycles. The molecule has 2 aliphatic rings. The molecule has 8 nitrogen and oxygen atoms in total. The second kappa shape index (κ2) is 8.22. The Balaban J connectivity index is 1.18. The van der Waals surface area contributed by atoms with Gasteiger partial charge in [-0.15, -0.1) is 0 Å². The molecular formula is C19H23N5O3. The summed E-state index contributed by atoms with van der Waals surface area (Å²) in [6.07, 6.45) is 4.51. The van der Waals surface area contributed by atoms with Crippen molar-refractivity contribution in [3.8, 4) is 11.5 Å². The summed E-state index contributed by atoms with van der Waals surface area (Å²) in [7, 11) is 0. The lowest BCUT2D eigenvalue weighted by Crippen LogP contribution is -2.47. The molecule has 0 bridgehead atoms. The Morgan fingerprint density at radius 1 is 1.15 bits per heavy atom. The molecule has 8 heteroatoms. The van der Waals surface area contributed by atoms with Crippen LogP contribution in [0.25, 0.3) is 0 Å². The van der Waals surface area contributed by atoms with Crippen LogP contribution >= 0.6 is 0 Å². The third-order valence-corrected chi connectivity index (χ3v) is 4.68. The molecule has 0 unspecified atom stereocenters. The monoisotopic (exact) mass is 369 g/mol. The first kappa shape index (κ1) is 17.5. The van der Waals surface area contributed by atoms with Gasteiger partial charge in [0.25, 0.3) is 5.91 Å². The number of anilines is 2. The lowest BCUT2D eigenvalue weighted by atomic mass is 10.2. The maximum absolute atomic E-state index is 11.4. The highest BCUT2D eigenvalue weighted by atomic mass is 16.5. The number of nitrogens with one attached hydrogen (secondary N) is 1. The lowest BCUT2D eigenvalue weighted by molar-refractivity contribution is -0.118. The summed E-state index contributed by atoms with van der Waals surface area (Å²) in [5, 5.41) is 2.79. The fourth-order valence-electron chi connectivity index (χ4n) is 3.26. The average Bonchev–Trinajstić information content (AvgIpc) is 2.72. The molecule has 4 rings (SSSR count). The first-order valence-corrected chi connectivity index (χ1v) is 9.22. The molecule has 1 fully saturated rings. The fourth-order valence-corrected chi connectivity index (χ4v) is 3.26. The van der Waals surface area contributed by atoms with Crippen LogP contribution in [0, 0.1) is 0 Å². The molecule has 27 heavy (non-hydrogen) atoms. The number of hydrogen-bond donors (Lipinski definition) is 1. The van der Waals surface area contributed by atoms with Gasteiger partial charge in [-0.1, -0.05) is 0 Å². The standard InChI is InChI=1S/C19H23N5O3/c25-18-14-27-17-4-3-15(13-16(17)22-18)26-12-2-7-23-8-10-24(11-9-23)19-20-5-1-6-21-19/h1,3-6,13H,2,7-12,14H2,(H,22,25). The molecule has 0 aliphatic carbocycles. The normalized spacial score (nSPS) is 17.0. The Hall–Kier alpha value is -2.87. The molecule has 0 spiro atoms. The SMILES string of the molecule is O=C1COc2ccc(OCCCN3CCN(c4ncccn4)CC3)cc2N1. The number of benzene rings is 1. The van der Waals surface area contributed by atoms with Crippen molar-refractivity contribution < 1.29 is 14.3 Å². The van der Waals surface area contributed by atoms with Crippen molar-refractivity contribution in [2.45, 2.75) is 6.42 Å². The van der Waals surface area contributed by atoms with Gasteiger partial charge in [0.2, 0.25) is 5.95 Å². The first-order valence-electron chi connectivity index (χ1n) is 9.22. The summed E-state index contributed by atoms with van der Waals surface area (Å²) in [4.78, 5) is 24.7. The summed E-state index contributed by atoms with van der Waals surface area (Å²) in [5.41, 5.74) is 0.669. The van der Waals surface area contributed by atoms with Crippen molar-refractivity contribution in [3.63, 3.8) is 0 Å². The quantitative estimate of drug-likeness (QED) is 0.771. The van der Waals surface area contributed by atoms with E-state index in [1.54, 1.807) is 12.4 Å². The molecule has 0 radical (unpaired) electrons. The van der Waals surface area contributed by atoms with Crippen LogP contribution in [0.5, 0.6) is 11.5 Å². The highest BCUT2D eigenvalue weighted by Gasteiger charge is 2.19. The third kappa shape index (κ3) is 4.46. The number of nitrogens with zero attached hydrogens (tertiary/aromatic N) is 4. The van der Waals surface area contributed by atoms with Crippen LogP contribution in [0.3, 0.4) is 0 Å². The van der Waals surface area contributed by atoms with Gasteiger partial charge in [-0.2, -0.15) is 0 Å².